The highest BCUT2D eigenvalue weighted by Crippen LogP contribution is 2.17. The van der Waals surface area contributed by atoms with Crippen LogP contribution in [0.3, 0.4) is 0 Å². The lowest BCUT2D eigenvalue weighted by molar-refractivity contribution is -0.118. The fraction of sp³-hybridized carbons (Fsp3) is 0.500. The van der Waals surface area contributed by atoms with Crippen molar-refractivity contribution in [1.29, 1.82) is 0 Å². The molecule has 0 saturated carbocycles. The Balaban J connectivity index is 3.00. The minimum atomic E-state index is -3.70. The maximum atomic E-state index is 12.5. The maximum Gasteiger partial charge on any atom is 0.243 e. The van der Waals surface area contributed by atoms with Crippen LogP contribution in [0.4, 0.5) is 0 Å². The van der Waals surface area contributed by atoms with Gasteiger partial charge in [-0.05, 0) is 30.5 Å². The number of sulfonamides is 1. The third-order valence-electron chi connectivity index (χ3n) is 3.04. The van der Waals surface area contributed by atoms with Gasteiger partial charge in [0.2, 0.25) is 15.9 Å². The molecule has 1 aromatic rings. The highest BCUT2D eigenvalue weighted by atomic mass is 35.5. The summed E-state index contributed by atoms with van der Waals surface area (Å²) >= 11 is 5.65. The normalized spacial score (nSPS) is 11.8. The monoisotopic (exact) mass is 332 g/mol. The first-order valence-electron chi connectivity index (χ1n) is 6.85. The molecular weight excluding hydrogens is 312 g/mol. The molecule has 1 rings (SSSR count). The molecule has 0 unspecified atom stereocenters. The number of rotatable bonds is 9. The van der Waals surface area contributed by atoms with Crippen LogP contribution in [0.1, 0.15) is 25.3 Å². The van der Waals surface area contributed by atoms with Crippen molar-refractivity contribution in [3.05, 3.63) is 29.8 Å². The first kappa shape index (κ1) is 17.9. The van der Waals surface area contributed by atoms with Crippen LogP contribution in [-0.4, -0.2) is 37.6 Å². The number of aryl methyl sites for hydroxylation is 1. The van der Waals surface area contributed by atoms with E-state index >= 15 is 0 Å². The van der Waals surface area contributed by atoms with Crippen molar-refractivity contribution in [2.24, 2.45) is 5.73 Å². The molecule has 0 aliphatic carbocycles. The van der Waals surface area contributed by atoms with Crippen LogP contribution in [0.2, 0.25) is 0 Å². The van der Waals surface area contributed by atoms with Gasteiger partial charge in [0.25, 0.3) is 0 Å². The number of nitrogens with two attached hydrogens (primary N) is 1. The lowest BCUT2D eigenvalue weighted by Crippen LogP contribution is -2.39. The molecule has 0 atom stereocenters. The minimum Gasteiger partial charge on any atom is -0.369 e. The second-order valence-corrected chi connectivity index (χ2v) is 7.06. The van der Waals surface area contributed by atoms with Crippen LogP contribution in [0.5, 0.6) is 0 Å². The van der Waals surface area contributed by atoms with Gasteiger partial charge in [-0.1, -0.05) is 25.5 Å². The molecule has 1 amide bonds. The number of amides is 1. The van der Waals surface area contributed by atoms with Crippen molar-refractivity contribution in [3.63, 3.8) is 0 Å². The summed E-state index contributed by atoms with van der Waals surface area (Å²) in [5.41, 5.74) is 6.12. The van der Waals surface area contributed by atoms with E-state index in [2.05, 4.69) is 0 Å². The molecule has 118 valence electrons. The molecule has 2 N–H and O–H groups in total. The van der Waals surface area contributed by atoms with Gasteiger partial charge < -0.3 is 5.73 Å². The molecule has 0 radical (unpaired) electrons. The highest BCUT2D eigenvalue weighted by molar-refractivity contribution is 7.89. The van der Waals surface area contributed by atoms with E-state index in [1.165, 1.54) is 12.1 Å². The number of benzene rings is 1. The number of nitrogens with zero attached hydrogens (tertiary/aromatic N) is 1. The number of hydrogen-bond donors (Lipinski definition) is 1. The predicted molar refractivity (Wildman–Crippen MR) is 83.7 cm³/mol. The Bertz CT molecular complexity index is 558. The van der Waals surface area contributed by atoms with Gasteiger partial charge in [-0.15, -0.1) is 11.6 Å². The van der Waals surface area contributed by atoms with Crippen molar-refractivity contribution >= 4 is 27.5 Å². The molecule has 7 heteroatoms. The van der Waals surface area contributed by atoms with E-state index in [0.29, 0.717) is 18.7 Å². The smallest absolute Gasteiger partial charge is 0.243 e. The molecule has 0 heterocycles. The van der Waals surface area contributed by atoms with Crippen LogP contribution >= 0.6 is 11.6 Å². The Morgan fingerprint density at radius 3 is 2.38 bits per heavy atom. The maximum absolute atomic E-state index is 12.5. The zero-order valence-corrected chi connectivity index (χ0v) is 13.7. The summed E-state index contributed by atoms with van der Waals surface area (Å²) in [6, 6.07) is 6.55. The SMILES string of the molecule is CCCCN(CC(N)=O)S(=O)(=O)c1ccc(CCCl)cc1. The summed E-state index contributed by atoms with van der Waals surface area (Å²) in [6.07, 6.45) is 2.19. The van der Waals surface area contributed by atoms with E-state index in [1.807, 2.05) is 6.92 Å². The average molecular weight is 333 g/mol. The Labute approximate surface area is 131 Å². The van der Waals surface area contributed by atoms with Crippen molar-refractivity contribution in [2.45, 2.75) is 31.1 Å². The number of hydrogen-bond acceptors (Lipinski definition) is 3. The first-order valence-corrected chi connectivity index (χ1v) is 8.82. The summed E-state index contributed by atoms with van der Waals surface area (Å²) in [5.74, 6) is -0.176. The lowest BCUT2D eigenvalue weighted by Gasteiger charge is -2.20. The molecule has 0 fully saturated rings. The Morgan fingerprint density at radius 2 is 1.90 bits per heavy atom. The summed E-state index contributed by atoms with van der Waals surface area (Å²) in [7, 11) is -3.70. The van der Waals surface area contributed by atoms with Crippen LogP contribution < -0.4 is 5.73 Å². The fourth-order valence-electron chi connectivity index (χ4n) is 1.88. The predicted octanol–water partition coefficient (Wildman–Crippen LogP) is 1.74. The van der Waals surface area contributed by atoms with Crippen LogP contribution in [0.15, 0.2) is 29.2 Å². The van der Waals surface area contributed by atoms with Crippen molar-refractivity contribution in [2.75, 3.05) is 19.0 Å². The van der Waals surface area contributed by atoms with Crippen LogP contribution in [0.25, 0.3) is 0 Å². The zero-order chi connectivity index (χ0) is 15.9. The molecule has 0 aromatic heterocycles. The molecule has 0 aliphatic rings. The van der Waals surface area contributed by atoms with Gasteiger partial charge >= 0.3 is 0 Å². The number of carbonyl (C=O) groups excluding carboxylic acids is 1. The topological polar surface area (TPSA) is 80.5 Å². The average Bonchev–Trinajstić information content (AvgIpc) is 2.44. The largest absolute Gasteiger partial charge is 0.369 e. The van der Waals surface area contributed by atoms with Gasteiger partial charge in [0.1, 0.15) is 0 Å². The van der Waals surface area contributed by atoms with Gasteiger partial charge in [0.05, 0.1) is 11.4 Å². The summed E-state index contributed by atoms with van der Waals surface area (Å²) in [5, 5.41) is 0. The summed E-state index contributed by atoms with van der Waals surface area (Å²) in [4.78, 5) is 11.3. The quantitative estimate of drug-likeness (QED) is 0.699. The van der Waals surface area contributed by atoms with Gasteiger partial charge in [-0.3, -0.25) is 4.79 Å². The van der Waals surface area contributed by atoms with Crippen LogP contribution in [-0.2, 0) is 21.2 Å². The van der Waals surface area contributed by atoms with E-state index in [1.54, 1.807) is 12.1 Å². The van der Waals surface area contributed by atoms with E-state index in [-0.39, 0.29) is 18.0 Å². The van der Waals surface area contributed by atoms with Gasteiger partial charge in [-0.2, -0.15) is 4.31 Å². The highest BCUT2D eigenvalue weighted by Gasteiger charge is 2.25. The van der Waals surface area contributed by atoms with E-state index < -0.39 is 15.9 Å². The van der Waals surface area contributed by atoms with E-state index in [4.69, 9.17) is 17.3 Å². The Kier molecular flexibility index (Phi) is 7.14. The Hall–Kier alpha value is -1.11. The van der Waals surface area contributed by atoms with E-state index in [0.717, 1.165) is 16.3 Å². The second-order valence-electron chi connectivity index (χ2n) is 4.74. The number of primary amides is 1. The van der Waals surface area contributed by atoms with Crippen LogP contribution in [0, 0.1) is 0 Å². The number of alkyl halides is 1. The third kappa shape index (κ3) is 5.30. The van der Waals surface area contributed by atoms with Gasteiger partial charge in [0, 0.05) is 12.4 Å². The molecule has 0 aliphatic heterocycles. The van der Waals surface area contributed by atoms with Gasteiger partial charge in [0.15, 0.2) is 0 Å². The number of carbonyl (C=O) groups is 1. The number of halogens is 1. The Morgan fingerprint density at radius 1 is 1.29 bits per heavy atom. The standard InChI is InChI=1S/C14H21ClN2O3S/c1-2-3-10-17(11-14(16)18)21(19,20)13-6-4-12(5-7-13)8-9-15/h4-7H,2-3,8-11H2,1H3,(H2,16,18). The van der Waals surface area contributed by atoms with Crippen molar-refractivity contribution in [3.8, 4) is 0 Å². The molecule has 0 spiro atoms. The van der Waals surface area contributed by atoms with Crippen molar-refractivity contribution < 1.29 is 13.2 Å². The lowest BCUT2D eigenvalue weighted by atomic mass is 10.2. The third-order valence-corrected chi connectivity index (χ3v) is 5.09. The molecule has 1 aromatic carbocycles. The summed E-state index contributed by atoms with van der Waals surface area (Å²) in [6.45, 7) is 1.94. The molecule has 0 bridgehead atoms. The van der Waals surface area contributed by atoms with E-state index in [9.17, 15) is 13.2 Å². The number of unbranched alkanes of at least 4 members (excludes halogenated alkanes) is 1. The molecule has 21 heavy (non-hydrogen) atoms. The summed E-state index contributed by atoms with van der Waals surface area (Å²) < 4.78 is 26.2. The first-order chi connectivity index (χ1) is 9.91. The molecule has 5 nitrogen and oxygen atoms in total. The fourth-order valence-corrected chi connectivity index (χ4v) is 3.54. The van der Waals surface area contributed by atoms with Crippen molar-refractivity contribution in [1.82, 2.24) is 4.31 Å². The van der Waals surface area contributed by atoms with Gasteiger partial charge in [-0.25, -0.2) is 8.42 Å². The minimum absolute atomic E-state index is 0.165. The zero-order valence-electron chi connectivity index (χ0n) is 12.1. The second kappa shape index (κ2) is 8.36. The molecule has 0 saturated heterocycles. The molecular formula is C14H21ClN2O3S.